The van der Waals surface area contributed by atoms with Gasteiger partial charge < -0.3 is 9.84 Å². The first-order valence-electron chi connectivity index (χ1n) is 5.92. The van der Waals surface area contributed by atoms with Crippen molar-refractivity contribution in [3.8, 4) is 5.75 Å². The van der Waals surface area contributed by atoms with E-state index in [-0.39, 0.29) is 18.5 Å². The smallest absolute Gasteiger partial charge is 0.115 e. The minimum absolute atomic E-state index is 0. The van der Waals surface area contributed by atoms with Crippen molar-refractivity contribution in [3.63, 3.8) is 0 Å². The van der Waals surface area contributed by atoms with Crippen LogP contribution in [0.2, 0.25) is 0 Å². The van der Waals surface area contributed by atoms with Crippen molar-refractivity contribution in [1.82, 2.24) is 4.90 Å². The normalized spacial score (nSPS) is 20.9. The summed E-state index contributed by atoms with van der Waals surface area (Å²) < 4.78 is 5.74. The van der Waals surface area contributed by atoms with E-state index >= 15 is 0 Å². The van der Waals surface area contributed by atoms with Crippen LogP contribution in [-0.4, -0.2) is 36.2 Å². The number of aromatic hydroxyl groups is 1. The van der Waals surface area contributed by atoms with Crippen LogP contribution in [0.5, 0.6) is 5.75 Å². The number of halogens is 1. The fourth-order valence-electron chi connectivity index (χ4n) is 2.15. The van der Waals surface area contributed by atoms with Crippen LogP contribution in [0.3, 0.4) is 0 Å². The summed E-state index contributed by atoms with van der Waals surface area (Å²) in [4.78, 5) is 2.41. The van der Waals surface area contributed by atoms with Gasteiger partial charge in [0, 0.05) is 13.1 Å². The van der Waals surface area contributed by atoms with Gasteiger partial charge in [-0.25, -0.2) is 0 Å². The molecule has 0 amide bonds. The Kier molecular flexibility index (Phi) is 5.75. The standard InChI is InChI=1S/C13H19NO2.ClH/c1-2-6-14-7-8-16-13(10-14)11-4-3-5-12(15)9-11;/h3-5,9,13,15H,2,6-8,10H2,1H3;1H/t13-;/m0./s1. The molecule has 1 atom stereocenters. The minimum atomic E-state index is 0. The number of ether oxygens (including phenoxy) is 1. The molecule has 1 aliphatic rings. The van der Waals surface area contributed by atoms with Crippen LogP contribution in [0.15, 0.2) is 24.3 Å². The van der Waals surface area contributed by atoms with Crippen molar-refractivity contribution in [3.05, 3.63) is 29.8 Å². The minimum Gasteiger partial charge on any atom is -0.508 e. The molecule has 1 heterocycles. The van der Waals surface area contributed by atoms with E-state index in [0.717, 1.165) is 31.8 Å². The van der Waals surface area contributed by atoms with Gasteiger partial charge in [-0.15, -0.1) is 12.4 Å². The summed E-state index contributed by atoms with van der Waals surface area (Å²) in [5.74, 6) is 0.314. The topological polar surface area (TPSA) is 32.7 Å². The lowest BCUT2D eigenvalue weighted by atomic mass is 10.1. The van der Waals surface area contributed by atoms with Crippen LogP contribution in [0, 0.1) is 0 Å². The first-order chi connectivity index (χ1) is 7.79. The Balaban J connectivity index is 0.00000144. The van der Waals surface area contributed by atoms with E-state index in [2.05, 4.69) is 11.8 Å². The molecule has 1 aromatic rings. The highest BCUT2D eigenvalue weighted by atomic mass is 35.5. The van der Waals surface area contributed by atoms with Gasteiger partial charge in [0.2, 0.25) is 0 Å². The van der Waals surface area contributed by atoms with E-state index in [9.17, 15) is 5.11 Å². The van der Waals surface area contributed by atoms with Crippen LogP contribution >= 0.6 is 12.4 Å². The predicted molar refractivity (Wildman–Crippen MR) is 70.8 cm³/mol. The molecule has 96 valence electrons. The van der Waals surface area contributed by atoms with Gasteiger partial charge in [-0.1, -0.05) is 19.1 Å². The molecule has 3 nitrogen and oxygen atoms in total. The van der Waals surface area contributed by atoms with E-state index < -0.39 is 0 Å². The van der Waals surface area contributed by atoms with Crippen molar-refractivity contribution in [2.24, 2.45) is 0 Å². The first kappa shape index (κ1) is 14.3. The molecule has 1 fully saturated rings. The Labute approximate surface area is 109 Å². The third kappa shape index (κ3) is 3.87. The average molecular weight is 258 g/mol. The van der Waals surface area contributed by atoms with Gasteiger partial charge in [-0.2, -0.15) is 0 Å². The molecule has 0 radical (unpaired) electrons. The third-order valence-corrected chi connectivity index (χ3v) is 2.93. The second kappa shape index (κ2) is 6.84. The zero-order valence-corrected chi connectivity index (χ0v) is 10.9. The number of benzene rings is 1. The predicted octanol–water partition coefficient (Wildman–Crippen LogP) is 2.60. The summed E-state index contributed by atoms with van der Waals surface area (Å²) in [7, 11) is 0. The summed E-state index contributed by atoms with van der Waals surface area (Å²) in [6.07, 6.45) is 1.28. The molecule has 0 saturated carbocycles. The second-order valence-corrected chi connectivity index (χ2v) is 4.26. The summed E-state index contributed by atoms with van der Waals surface area (Å²) in [5, 5.41) is 9.44. The average Bonchev–Trinajstić information content (AvgIpc) is 2.30. The molecular weight excluding hydrogens is 238 g/mol. The van der Waals surface area contributed by atoms with Gasteiger partial charge in [0.15, 0.2) is 0 Å². The highest BCUT2D eigenvalue weighted by Crippen LogP contribution is 2.24. The highest BCUT2D eigenvalue weighted by molar-refractivity contribution is 5.85. The Morgan fingerprint density at radius 1 is 1.47 bits per heavy atom. The van der Waals surface area contributed by atoms with Crippen LogP contribution in [-0.2, 0) is 4.74 Å². The molecule has 1 aliphatic heterocycles. The van der Waals surface area contributed by atoms with Gasteiger partial charge in [0.1, 0.15) is 5.75 Å². The molecule has 17 heavy (non-hydrogen) atoms. The van der Waals surface area contributed by atoms with Crippen LogP contribution in [0.4, 0.5) is 0 Å². The van der Waals surface area contributed by atoms with Crippen molar-refractivity contribution < 1.29 is 9.84 Å². The van der Waals surface area contributed by atoms with E-state index in [4.69, 9.17) is 4.74 Å². The molecule has 0 bridgehead atoms. The summed E-state index contributed by atoms with van der Waals surface area (Å²) >= 11 is 0. The van der Waals surface area contributed by atoms with Crippen LogP contribution < -0.4 is 0 Å². The van der Waals surface area contributed by atoms with E-state index in [1.54, 1.807) is 12.1 Å². The lowest BCUT2D eigenvalue weighted by molar-refractivity contribution is -0.0299. The summed E-state index contributed by atoms with van der Waals surface area (Å²) in [6, 6.07) is 7.36. The fraction of sp³-hybridized carbons (Fsp3) is 0.538. The van der Waals surface area contributed by atoms with Gasteiger partial charge in [0.25, 0.3) is 0 Å². The molecule has 0 unspecified atom stereocenters. The Bertz CT molecular complexity index is 344. The molecule has 1 saturated heterocycles. The number of phenolic OH excluding ortho intramolecular Hbond substituents is 1. The van der Waals surface area contributed by atoms with Crippen molar-refractivity contribution in [1.29, 1.82) is 0 Å². The molecule has 0 aliphatic carbocycles. The molecule has 1 N–H and O–H groups in total. The second-order valence-electron chi connectivity index (χ2n) is 4.26. The number of hydrogen-bond donors (Lipinski definition) is 1. The Morgan fingerprint density at radius 3 is 3.00 bits per heavy atom. The molecule has 4 heteroatoms. The third-order valence-electron chi connectivity index (χ3n) is 2.93. The number of hydrogen-bond acceptors (Lipinski definition) is 3. The fourth-order valence-corrected chi connectivity index (χ4v) is 2.15. The Hall–Kier alpha value is -0.770. The molecule has 2 rings (SSSR count). The van der Waals surface area contributed by atoms with Crippen molar-refractivity contribution in [2.75, 3.05) is 26.2 Å². The lowest BCUT2D eigenvalue weighted by Gasteiger charge is -2.32. The Morgan fingerprint density at radius 2 is 2.29 bits per heavy atom. The van der Waals surface area contributed by atoms with Crippen molar-refractivity contribution >= 4 is 12.4 Å². The molecule has 1 aromatic carbocycles. The zero-order valence-electron chi connectivity index (χ0n) is 10.1. The SMILES string of the molecule is CCCN1CCO[C@H](c2cccc(O)c2)C1.Cl. The lowest BCUT2D eigenvalue weighted by Crippen LogP contribution is -2.38. The van der Waals surface area contributed by atoms with Crippen LogP contribution in [0.25, 0.3) is 0 Å². The maximum absolute atomic E-state index is 9.44. The van der Waals surface area contributed by atoms with E-state index in [1.807, 2.05) is 12.1 Å². The summed E-state index contributed by atoms with van der Waals surface area (Å²) in [6.45, 7) is 6.04. The first-order valence-corrected chi connectivity index (χ1v) is 5.92. The van der Waals surface area contributed by atoms with E-state index in [1.165, 1.54) is 6.42 Å². The number of nitrogens with zero attached hydrogens (tertiary/aromatic N) is 1. The zero-order chi connectivity index (χ0) is 11.4. The van der Waals surface area contributed by atoms with Crippen LogP contribution in [0.1, 0.15) is 25.0 Å². The van der Waals surface area contributed by atoms with Gasteiger partial charge in [-0.3, -0.25) is 4.90 Å². The number of rotatable bonds is 3. The van der Waals surface area contributed by atoms with Gasteiger partial charge in [0.05, 0.1) is 12.7 Å². The molecule has 0 aromatic heterocycles. The van der Waals surface area contributed by atoms with Gasteiger partial charge in [-0.05, 0) is 30.7 Å². The molecule has 0 spiro atoms. The maximum Gasteiger partial charge on any atom is 0.115 e. The maximum atomic E-state index is 9.44. The molecular formula is C13H20ClNO2. The largest absolute Gasteiger partial charge is 0.508 e. The van der Waals surface area contributed by atoms with E-state index in [0.29, 0.717) is 5.75 Å². The number of phenols is 1. The quantitative estimate of drug-likeness (QED) is 0.904. The highest BCUT2D eigenvalue weighted by Gasteiger charge is 2.21. The van der Waals surface area contributed by atoms with Crippen molar-refractivity contribution in [2.45, 2.75) is 19.4 Å². The number of morpholine rings is 1. The monoisotopic (exact) mass is 257 g/mol. The summed E-state index contributed by atoms with van der Waals surface area (Å²) in [5.41, 5.74) is 1.07. The van der Waals surface area contributed by atoms with Gasteiger partial charge >= 0.3 is 0 Å².